The molecule has 1 aromatic rings. The molecule has 17 heavy (non-hydrogen) atoms. The van der Waals surface area contributed by atoms with Crippen molar-refractivity contribution in [3.63, 3.8) is 0 Å². The van der Waals surface area contributed by atoms with Gasteiger partial charge >= 0.3 is 6.61 Å². The summed E-state index contributed by atoms with van der Waals surface area (Å²) in [4.78, 5) is 11.2. The molecule has 0 aliphatic carbocycles. The van der Waals surface area contributed by atoms with Gasteiger partial charge in [-0.05, 0) is 24.1 Å². The van der Waals surface area contributed by atoms with Crippen LogP contribution in [0.3, 0.4) is 0 Å². The van der Waals surface area contributed by atoms with Crippen molar-refractivity contribution in [1.29, 1.82) is 0 Å². The summed E-state index contributed by atoms with van der Waals surface area (Å²) < 4.78 is 28.0. The minimum absolute atomic E-state index is 0.0135. The van der Waals surface area contributed by atoms with Gasteiger partial charge in [0.15, 0.2) is 0 Å². The first-order valence-corrected chi connectivity index (χ1v) is 5.42. The van der Waals surface area contributed by atoms with E-state index in [1.807, 2.05) is 6.92 Å². The average Bonchev–Trinajstić information content (AvgIpc) is 2.28. The summed E-state index contributed by atoms with van der Waals surface area (Å²) in [5.74, 6) is 0.101. The molecule has 0 spiro atoms. The van der Waals surface area contributed by atoms with Crippen molar-refractivity contribution in [2.45, 2.75) is 32.9 Å². The number of ether oxygens (including phenoxy) is 1. The van der Waals surface area contributed by atoms with Crippen LogP contribution < -0.4 is 10.1 Å². The Balaban J connectivity index is 2.42. The maximum absolute atomic E-state index is 11.9. The standard InChI is InChI=1S/C12H15F2NO2/c1-2-3-11(16)15-8-9-4-6-10(7-5-9)17-12(13)14/h4-7,12H,2-3,8H2,1H3,(H,15,16). The van der Waals surface area contributed by atoms with E-state index in [1.54, 1.807) is 12.1 Å². The maximum Gasteiger partial charge on any atom is 0.387 e. The number of rotatable bonds is 6. The van der Waals surface area contributed by atoms with E-state index in [1.165, 1.54) is 12.1 Å². The molecule has 0 heterocycles. The highest BCUT2D eigenvalue weighted by atomic mass is 19.3. The summed E-state index contributed by atoms with van der Waals surface area (Å²) in [7, 11) is 0. The summed E-state index contributed by atoms with van der Waals surface area (Å²) in [6, 6.07) is 6.19. The molecule has 0 radical (unpaired) electrons. The monoisotopic (exact) mass is 243 g/mol. The molecule has 0 saturated carbocycles. The van der Waals surface area contributed by atoms with Crippen molar-refractivity contribution in [2.24, 2.45) is 0 Å². The van der Waals surface area contributed by atoms with Gasteiger partial charge in [-0.25, -0.2) is 0 Å². The highest BCUT2D eigenvalue weighted by Gasteiger charge is 2.04. The first-order chi connectivity index (χ1) is 8.11. The normalized spacial score (nSPS) is 10.4. The first kappa shape index (κ1) is 13.4. The van der Waals surface area contributed by atoms with Gasteiger partial charge in [0.2, 0.25) is 5.91 Å². The Kier molecular flexibility index (Phi) is 5.39. The SMILES string of the molecule is CCCC(=O)NCc1ccc(OC(F)F)cc1. The Morgan fingerprint density at radius 3 is 2.53 bits per heavy atom. The second-order valence-electron chi connectivity index (χ2n) is 3.55. The first-order valence-electron chi connectivity index (χ1n) is 5.42. The number of amides is 1. The number of carbonyl (C=O) groups is 1. The molecule has 1 amide bonds. The zero-order valence-corrected chi connectivity index (χ0v) is 9.58. The minimum atomic E-state index is -2.81. The fraction of sp³-hybridized carbons (Fsp3) is 0.417. The van der Waals surface area contributed by atoms with E-state index >= 15 is 0 Å². The minimum Gasteiger partial charge on any atom is -0.435 e. The summed E-state index contributed by atoms with van der Waals surface area (Å²) in [5, 5.41) is 2.73. The fourth-order valence-corrected chi connectivity index (χ4v) is 1.30. The van der Waals surface area contributed by atoms with Gasteiger partial charge in [-0.15, -0.1) is 0 Å². The molecular formula is C12H15F2NO2. The molecule has 1 rings (SSSR count). The topological polar surface area (TPSA) is 38.3 Å². The van der Waals surface area contributed by atoms with Crippen LogP contribution in [0.15, 0.2) is 24.3 Å². The Morgan fingerprint density at radius 2 is 2.00 bits per heavy atom. The molecule has 0 atom stereocenters. The molecule has 0 bridgehead atoms. The Hall–Kier alpha value is -1.65. The lowest BCUT2D eigenvalue weighted by Gasteiger charge is -2.07. The van der Waals surface area contributed by atoms with Gasteiger partial charge in [-0.1, -0.05) is 19.1 Å². The van der Waals surface area contributed by atoms with Gasteiger partial charge in [0.25, 0.3) is 0 Å². The van der Waals surface area contributed by atoms with Gasteiger partial charge in [0, 0.05) is 13.0 Å². The molecule has 5 heteroatoms. The largest absolute Gasteiger partial charge is 0.435 e. The van der Waals surface area contributed by atoms with Gasteiger partial charge in [0.1, 0.15) is 5.75 Å². The highest BCUT2D eigenvalue weighted by molar-refractivity contribution is 5.75. The highest BCUT2D eigenvalue weighted by Crippen LogP contribution is 2.14. The van der Waals surface area contributed by atoms with Crippen molar-refractivity contribution in [1.82, 2.24) is 5.32 Å². The maximum atomic E-state index is 11.9. The number of hydrogen-bond donors (Lipinski definition) is 1. The van der Waals surface area contributed by atoms with E-state index in [9.17, 15) is 13.6 Å². The second-order valence-corrected chi connectivity index (χ2v) is 3.55. The lowest BCUT2D eigenvalue weighted by atomic mass is 10.2. The van der Waals surface area contributed by atoms with Gasteiger partial charge in [-0.3, -0.25) is 4.79 Å². The van der Waals surface area contributed by atoms with Crippen LogP contribution in [0, 0.1) is 0 Å². The van der Waals surface area contributed by atoms with Crippen LogP contribution in [0.5, 0.6) is 5.75 Å². The van der Waals surface area contributed by atoms with E-state index in [0.717, 1.165) is 12.0 Å². The van der Waals surface area contributed by atoms with Crippen LogP contribution in [-0.4, -0.2) is 12.5 Å². The average molecular weight is 243 g/mol. The predicted octanol–water partition coefficient (Wildman–Crippen LogP) is 2.70. The zero-order chi connectivity index (χ0) is 12.7. The van der Waals surface area contributed by atoms with E-state index < -0.39 is 6.61 Å². The molecule has 94 valence electrons. The number of benzene rings is 1. The van der Waals surface area contributed by atoms with Crippen LogP contribution >= 0.6 is 0 Å². The van der Waals surface area contributed by atoms with Crippen molar-refractivity contribution in [3.05, 3.63) is 29.8 Å². The second kappa shape index (κ2) is 6.83. The summed E-state index contributed by atoms with van der Waals surface area (Å²) >= 11 is 0. The van der Waals surface area contributed by atoms with Crippen molar-refractivity contribution in [3.8, 4) is 5.75 Å². The number of halogens is 2. The molecule has 0 aliphatic heterocycles. The molecule has 0 fully saturated rings. The van der Waals surface area contributed by atoms with E-state index in [0.29, 0.717) is 13.0 Å². The number of carbonyl (C=O) groups excluding carboxylic acids is 1. The molecule has 0 aromatic heterocycles. The molecule has 3 nitrogen and oxygen atoms in total. The van der Waals surface area contributed by atoms with Crippen molar-refractivity contribution in [2.75, 3.05) is 0 Å². The third-order valence-electron chi connectivity index (χ3n) is 2.12. The van der Waals surface area contributed by atoms with Crippen LogP contribution in [0.4, 0.5) is 8.78 Å². The summed E-state index contributed by atoms with van der Waals surface area (Å²) in [5.41, 5.74) is 0.844. The van der Waals surface area contributed by atoms with Gasteiger partial charge in [-0.2, -0.15) is 8.78 Å². The summed E-state index contributed by atoms with van der Waals surface area (Å²) in [6.07, 6.45) is 1.29. The lowest BCUT2D eigenvalue weighted by molar-refractivity contribution is -0.121. The van der Waals surface area contributed by atoms with Crippen molar-refractivity contribution < 1.29 is 18.3 Å². The predicted molar refractivity (Wildman–Crippen MR) is 59.8 cm³/mol. The number of nitrogens with one attached hydrogen (secondary N) is 1. The number of hydrogen-bond acceptors (Lipinski definition) is 2. The molecule has 0 unspecified atom stereocenters. The van der Waals surface area contributed by atoms with Gasteiger partial charge in [0.05, 0.1) is 0 Å². The van der Waals surface area contributed by atoms with E-state index in [-0.39, 0.29) is 11.7 Å². The molecular weight excluding hydrogens is 228 g/mol. The van der Waals surface area contributed by atoms with Crippen LogP contribution in [-0.2, 0) is 11.3 Å². The zero-order valence-electron chi connectivity index (χ0n) is 9.58. The van der Waals surface area contributed by atoms with E-state index in [2.05, 4.69) is 10.1 Å². The lowest BCUT2D eigenvalue weighted by Crippen LogP contribution is -2.21. The summed E-state index contributed by atoms with van der Waals surface area (Å²) in [6.45, 7) is -0.491. The molecule has 0 saturated heterocycles. The third-order valence-corrected chi connectivity index (χ3v) is 2.12. The van der Waals surface area contributed by atoms with E-state index in [4.69, 9.17) is 0 Å². The van der Waals surface area contributed by atoms with Crippen LogP contribution in [0.25, 0.3) is 0 Å². The smallest absolute Gasteiger partial charge is 0.387 e. The number of alkyl halides is 2. The van der Waals surface area contributed by atoms with Gasteiger partial charge < -0.3 is 10.1 Å². The fourth-order valence-electron chi connectivity index (χ4n) is 1.30. The quantitative estimate of drug-likeness (QED) is 0.834. The Bertz CT molecular complexity index is 352. The molecule has 0 aliphatic rings. The third kappa shape index (κ3) is 5.29. The molecule has 1 aromatic carbocycles. The van der Waals surface area contributed by atoms with Crippen molar-refractivity contribution >= 4 is 5.91 Å². The Labute approximate surface area is 98.8 Å². The Morgan fingerprint density at radius 1 is 1.35 bits per heavy atom. The molecule has 1 N–H and O–H groups in total. The van der Waals surface area contributed by atoms with Crippen LogP contribution in [0.1, 0.15) is 25.3 Å². The van der Waals surface area contributed by atoms with Crippen LogP contribution in [0.2, 0.25) is 0 Å².